The summed E-state index contributed by atoms with van der Waals surface area (Å²) in [5.41, 5.74) is 0.940. The summed E-state index contributed by atoms with van der Waals surface area (Å²) in [7, 11) is 0. The van der Waals surface area contributed by atoms with Gasteiger partial charge in [-0.15, -0.1) is 0 Å². The van der Waals surface area contributed by atoms with Crippen LogP contribution in [0, 0.1) is 0 Å². The summed E-state index contributed by atoms with van der Waals surface area (Å²) in [5, 5.41) is 2.20. The minimum atomic E-state index is -0.300. The Kier molecular flexibility index (Phi) is 5.52. The van der Waals surface area contributed by atoms with E-state index >= 15 is 0 Å². The number of fused-ring (bicyclic) bond motifs is 1. The fourth-order valence-electron chi connectivity index (χ4n) is 1.42. The van der Waals surface area contributed by atoms with Gasteiger partial charge in [0.15, 0.2) is 0 Å². The SMILES string of the molecule is CC.CCC1CO1.O=C1NC(=O)c2ccccc21. The lowest BCUT2D eigenvalue weighted by Gasteiger charge is -1.88. The molecule has 2 aliphatic heterocycles. The minimum absolute atomic E-state index is 0.300. The molecule has 2 amide bonds. The zero-order chi connectivity index (χ0) is 13.5. The van der Waals surface area contributed by atoms with E-state index in [4.69, 9.17) is 4.74 Å². The highest BCUT2D eigenvalue weighted by Crippen LogP contribution is 2.13. The first-order valence-corrected chi connectivity index (χ1v) is 6.28. The molecule has 98 valence electrons. The second kappa shape index (κ2) is 6.91. The number of hydrogen-bond acceptors (Lipinski definition) is 3. The van der Waals surface area contributed by atoms with E-state index in [1.54, 1.807) is 24.3 Å². The van der Waals surface area contributed by atoms with E-state index in [2.05, 4.69) is 12.2 Å². The second-order valence-corrected chi connectivity index (χ2v) is 3.69. The lowest BCUT2D eigenvalue weighted by molar-refractivity contribution is 0.0879. The van der Waals surface area contributed by atoms with Crippen LogP contribution in [0.4, 0.5) is 0 Å². The molecule has 1 saturated heterocycles. The molecular formula is C14H19NO3. The monoisotopic (exact) mass is 249 g/mol. The van der Waals surface area contributed by atoms with Crippen molar-refractivity contribution in [3.8, 4) is 0 Å². The Labute approximate surface area is 107 Å². The first kappa shape index (κ1) is 14.4. The van der Waals surface area contributed by atoms with Crippen molar-refractivity contribution in [2.45, 2.75) is 33.3 Å². The summed E-state index contributed by atoms with van der Waals surface area (Å²) in [4.78, 5) is 21.9. The lowest BCUT2D eigenvalue weighted by atomic mass is 10.1. The topological polar surface area (TPSA) is 58.7 Å². The number of ether oxygens (including phenoxy) is 1. The van der Waals surface area contributed by atoms with Crippen LogP contribution in [0.5, 0.6) is 0 Å². The maximum atomic E-state index is 10.9. The predicted molar refractivity (Wildman–Crippen MR) is 69.6 cm³/mol. The van der Waals surface area contributed by atoms with E-state index in [-0.39, 0.29) is 11.8 Å². The zero-order valence-electron chi connectivity index (χ0n) is 11.0. The third kappa shape index (κ3) is 3.67. The van der Waals surface area contributed by atoms with Crippen LogP contribution in [0.25, 0.3) is 0 Å². The number of benzene rings is 1. The Morgan fingerprint density at radius 3 is 1.89 bits per heavy atom. The van der Waals surface area contributed by atoms with E-state index in [0.29, 0.717) is 17.2 Å². The number of imide groups is 1. The van der Waals surface area contributed by atoms with E-state index < -0.39 is 0 Å². The number of carbonyl (C=O) groups excluding carboxylic acids is 2. The van der Waals surface area contributed by atoms with Gasteiger partial charge in [0.05, 0.1) is 23.8 Å². The molecule has 1 unspecified atom stereocenters. The fraction of sp³-hybridized carbons (Fsp3) is 0.429. The number of amides is 2. The summed E-state index contributed by atoms with van der Waals surface area (Å²) >= 11 is 0. The van der Waals surface area contributed by atoms with Crippen molar-refractivity contribution in [3.63, 3.8) is 0 Å². The van der Waals surface area contributed by atoms with Crippen molar-refractivity contribution < 1.29 is 14.3 Å². The fourth-order valence-corrected chi connectivity index (χ4v) is 1.42. The molecule has 1 aromatic carbocycles. The zero-order valence-corrected chi connectivity index (χ0v) is 11.0. The molecule has 18 heavy (non-hydrogen) atoms. The van der Waals surface area contributed by atoms with Gasteiger partial charge in [0, 0.05) is 0 Å². The lowest BCUT2D eigenvalue weighted by Crippen LogP contribution is -2.19. The third-order valence-corrected chi connectivity index (χ3v) is 2.50. The maximum Gasteiger partial charge on any atom is 0.258 e. The van der Waals surface area contributed by atoms with Gasteiger partial charge in [-0.25, -0.2) is 0 Å². The van der Waals surface area contributed by atoms with Crippen LogP contribution >= 0.6 is 0 Å². The van der Waals surface area contributed by atoms with Crippen molar-refractivity contribution >= 4 is 11.8 Å². The Morgan fingerprint density at radius 2 is 1.61 bits per heavy atom. The first-order valence-electron chi connectivity index (χ1n) is 6.28. The number of epoxide rings is 1. The van der Waals surface area contributed by atoms with Gasteiger partial charge in [0.1, 0.15) is 0 Å². The van der Waals surface area contributed by atoms with Gasteiger partial charge in [0.25, 0.3) is 11.8 Å². The van der Waals surface area contributed by atoms with Crippen LogP contribution in [0.2, 0.25) is 0 Å². The van der Waals surface area contributed by atoms with Crippen molar-refractivity contribution in [1.29, 1.82) is 0 Å². The molecule has 1 N–H and O–H groups in total. The van der Waals surface area contributed by atoms with Crippen LogP contribution in [0.15, 0.2) is 24.3 Å². The molecule has 4 nitrogen and oxygen atoms in total. The Morgan fingerprint density at radius 1 is 1.17 bits per heavy atom. The molecule has 1 fully saturated rings. The molecule has 0 radical (unpaired) electrons. The molecule has 0 bridgehead atoms. The largest absolute Gasteiger partial charge is 0.373 e. The van der Waals surface area contributed by atoms with Crippen LogP contribution in [0.1, 0.15) is 47.9 Å². The van der Waals surface area contributed by atoms with Gasteiger partial charge in [-0.2, -0.15) is 0 Å². The standard InChI is InChI=1S/C8H5NO2.C4H8O.C2H6/c10-7-5-3-1-2-4-6(5)8(11)9-7;1-2-4-3-5-4;1-2/h1-4H,(H,9,10,11);4H,2-3H2,1H3;1-2H3. The molecule has 2 heterocycles. The van der Waals surface area contributed by atoms with E-state index in [1.165, 1.54) is 6.42 Å². The summed E-state index contributed by atoms with van der Waals surface area (Å²) in [5.74, 6) is -0.601. The normalized spacial score (nSPS) is 18.7. The third-order valence-electron chi connectivity index (χ3n) is 2.50. The van der Waals surface area contributed by atoms with Gasteiger partial charge < -0.3 is 4.74 Å². The molecular weight excluding hydrogens is 230 g/mol. The molecule has 2 aliphatic rings. The number of hydrogen-bond donors (Lipinski definition) is 1. The summed E-state index contributed by atoms with van der Waals surface area (Å²) in [6.07, 6.45) is 1.83. The molecule has 4 heteroatoms. The summed E-state index contributed by atoms with van der Waals surface area (Å²) in [6.45, 7) is 7.15. The predicted octanol–water partition coefficient (Wildman–Crippen LogP) is 2.39. The molecule has 1 atom stereocenters. The smallest absolute Gasteiger partial charge is 0.258 e. The van der Waals surface area contributed by atoms with Gasteiger partial charge in [0.2, 0.25) is 0 Å². The number of rotatable bonds is 1. The molecule has 0 aromatic heterocycles. The Bertz CT molecular complexity index is 392. The molecule has 0 spiro atoms. The van der Waals surface area contributed by atoms with Crippen molar-refractivity contribution in [2.24, 2.45) is 0 Å². The summed E-state index contributed by atoms with van der Waals surface area (Å²) < 4.78 is 4.86. The van der Waals surface area contributed by atoms with Gasteiger partial charge >= 0.3 is 0 Å². The minimum Gasteiger partial charge on any atom is -0.373 e. The highest BCUT2D eigenvalue weighted by molar-refractivity contribution is 6.21. The number of carbonyl (C=O) groups is 2. The Hall–Kier alpha value is -1.68. The van der Waals surface area contributed by atoms with E-state index in [0.717, 1.165) is 6.61 Å². The molecule has 3 rings (SSSR count). The number of nitrogens with one attached hydrogen (secondary N) is 1. The van der Waals surface area contributed by atoms with Crippen LogP contribution < -0.4 is 5.32 Å². The second-order valence-electron chi connectivity index (χ2n) is 3.69. The van der Waals surface area contributed by atoms with E-state index in [1.807, 2.05) is 13.8 Å². The molecule has 0 aliphatic carbocycles. The first-order chi connectivity index (χ1) is 8.72. The van der Waals surface area contributed by atoms with Gasteiger partial charge in [-0.1, -0.05) is 32.9 Å². The van der Waals surface area contributed by atoms with Crippen molar-refractivity contribution in [2.75, 3.05) is 6.61 Å². The quantitative estimate of drug-likeness (QED) is 0.614. The van der Waals surface area contributed by atoms with Crippen molar-refractivity contribution in [1.82, 2.24) is 5.32 Å². The Balaban J connectivity index is 0.000000195. The van der Waals surface area contributed by atoms with Crippen molar-refractivity contribution in [3.05, 3.63) is 35.4 Å². The average molecular weight is 249 g/mol. The van der Waals surface area contributed by atoms with Crippen LogP contribution in [0.3, 0.4) is 0 Å². The summed E-state index contributed by atoms with van der Waals surface area (Å²) in [6, 6.07) is 6.74. The van der Waals surface area contributed by atoms with Crippen LogP contribution in [-0.4, -0.2) is 24.5 Å². The molecule has 0 saturated carbocycles. The maximum absolute atomic E-state index is 10.9. The van der Waals surface area contributed by atoms with Gasteiger partial charge in [-0.05, 0) is 18.6 Å². The molecule has 1 aromatic rings. The highest BCUT2D eigenvalue weighted by atomic mass is 16.6. The highest BCUT2D eigenvalue weighted by Gasteiger charge is 2.25. The van der Waals surface area contributed by atoms with Gasteiger partial charge in [-0.3, -0.25) is 14.9 Å². The van der Waals surface area contributed by atoms with Crippen LogP contribution in [-0.2, 0) is 4.74 Å². The average Bonchev–Trinajstić information content (AvgIpc) is 3.21. The van der Waals surface area contributed by atoms with E-state index in [9.17, 15) is 9.59 Å².